The minimum atomic E-state index is -4.77. The van der Waals surface area contributed by atoms with Crippen LogP contribution in [0.25, 0.3) is 0 Å². The molecule has 4 nitrogen and oxygen atoms in total. The second-order valence-corrected chi connectivity index (χ2v) is 11.6. The summed E-state index contributed by atoms with van der Waals surface area (Å²) in [6.07, 6.45) is -4.80. The van der Waals surface area contributed by atoms with Crippen LogP contribution in [0.4, 0.5) is 26.3 Å². The molecule has 3 aliphatic rings. The summed E-state index contributed by atoms with van der Waals surface area (Å²) in [6.45, 7) is 3.34. The fraction of sp³-hybridized carbons (Fsp3) is 0.567. The summed E-state index contributed by atoms with van der Waals surface area (Å²) >= 11 is 0. The SMILES string of the molecule is COC(=O)[C@H](C)[C@H](c1ccc2c(c1)OC1(CC2)CC(N[C@H](C)c2cc(C(F)(F)F)ccc2C(F)(F)F)C1)C1CC1. The molecule has 2 aromatic rings. The van der Waals surface area contributed by atoms with Crippen molar-refractivity contribution in [2.24, 2.45) is 11.8 Å². The minimum absolute atomic E-state index is 0.0335. The number of fused-ring (bicyclic) bond motifs is 1. The third-order valence-electron chi connectivity index (χ3n) is 8.77. The van der Waals surface area contributed by atoms with E-state index >= 15 is 0 Å². The van der Waals surface area contributed by atoms with Crippen molar-refractivity contribution in [1.29, 1.82) is 0 Å². The smallest absolute Gasteiger partial charge is 0.416 e. The van der Waals surface area contributed by atoms with Gasteiger partial charge in [-0.2, -0.15) is 26.3 Å². The van der Waals surface area contributed by atoms with Crippen LogP contribution >= 0.6 is 0 Å². The number of carbonyl (C=O) groups is 1. The molecule has 0 unspecified atom stereocenters. The lowest BCUT2D eigenvalue weighted by Gasteiger charge is -2.51. The van der Waals surface area contributed by atoms with Crippen LogP contribution < -0.4 is 10.1 Å². The number of hydrogen-bond donors (Lipinski definition) is 1. The summed E-state index contributed by atoms with van der Waals surface area (Å²) < 4.78 is 92.0. The van der Waals surface area contributed by atoms with Crippen LogP contribution in [-0.2, 0) is 28.3 Å². The van der Waals surface area contributed by atoms with Gasteiger partial charge in [-0.1, -0.05) is 19.1 Å². The van der Waals surface area contributed by atoms with Crippen LogP contribution in [0.1, 0.15) is 85.7 Å². The van der Waals surface area contributed by atoms with Crippen LogP contribution in [0.2, 0.25) is 0 Å². The summed E-state index contributed by atoms with van der Waals surface area (Å²) in [6, 6.07) is 6.54. The molecule has 3 atom stereocenters. The largest absolute Gasteiger partial charge is 0.487 e. The first kappa shape index (κ1) is 28.8. The molecule has 218 valence electrons. The Morgan fingerprint density at radius 1 is 1.02 bits per heavy atom. The molecule has 1 N–H and O–H groups in total. The molecule has 2 fully saturated rings. The molecule has 40 heavy (non-hydrogen) atoms. The molecule has 2 saturated carbocycles. The van der Waals surface area contributed by atoms with Gasteiger partial charge < -0.3 is 14.8 Å². The monoisotopic (exact) mass is 569 g/mol. The maximum absolute atomic E-state index is 13.6. The van der Waals surface area contributed by atoms with Gasteiger partial charge in [0.15, 0.2) is 0 Å². The average Bonchev–Trinajstić information content (AvgIpc) is 3.70. The van der Waals surface area contributed by atoms with Crippen LogP contribution in [0.3, 0.4) is 0 Å². The molecule has 0 saturated heterocycles. The van der Waals surface area contributed by atoms with E-state index in [1.807, 2.05) is 19.1 Å². The summed E-state index contributed by atoms with van der Waals surface area (Å²) in [7, 11) is 1.39. The van der Waals surface area contributed by atoms with Gasteiger partial charge in [-0.05, 0) is 85.4 Å². The van der Waals surface area contributed by atoms with Crippen LogP contribution in [0, 0.1) is 11.8 Å². The van der Waals surface area contributed by atoms with Crippen molar-refractivity contribution < 1.29 is 40.6 Å². The summed E-state index contributed by atoms with van der Waals surface area (Å²) in [4.78, 5) is 12.3. The number of alkyl halides is 6. The lowest BCUT2D eigenvalue weighted by molar-refractivity contribution is -0.146. The normalized spacial score (nSPS) is 24.9. The van der Waals surface area contributed by atoms with E-state index in [0.29, 0.717) is 37.0 Å². The van der Waals surface area contributed by atoms with Crippen LogP contribution in [0.5, 0.6) is 5.75 Å². The fourth-order valence-corrected chi connectivity index (χ4v) is 6.53. The molecule has 2 aromatic carbocycles. The topological polar surface area (TPSA) is 47.6 Å². The fourth-order valence-electron chi connectivity index (χ4n) is 6.53. The molecule has 1 spiro atoms. The van der Waals surface area contributed by atoms with E-state index in [-0.39, 0.29) is 23.8 Å². The predicted octanol–water partition coefficient (Wildman–Crippen LogP) is 7.60. The van der Waals surface area contributed by atoms with Gasteiger partial charge in [-0.3, -0.25) is 4.79 Å². The molecule has 0 radical (unpaired) electrons. The van der Waals surface area contributed by atoms with Crippen molar-refractivity contribution in [1.82, 2.24) is 5.32 Å². The Labute approximate surface area is 229 Å². The van der Waals surface area contributed by atoms with Gasteiger partial charge in [0.25, 0.3) is 0 Å². The number of halogens is 6. The second kappa shape index (κ2) is 10.3. The summed E-state index contributed by atoms with van der Waals surface area (Å²) in [5.74, 6) is 0.676. The van der Waals surface area contributed by atoms with E-state index < -0.39 is 40.7 Å². The van der Waals surface area contributed by atoms with Crippen molar-refractivity contribution in [2.75, 3.05) is 7.11 Å². The molecule has 5 rings (SSSR count). The predicted molar refractivity (Wildman–Crippen MR) is 136 cm³/mol. The number of hydrogen-bond acceptors (Lipinski definition) is 4. The quantitative estimate of drug-likeness (QED) is 0.276. The van der Waals surface area contributed by atoms with Crippen LogP contribution in [0.15, 0.2) is 36.4 Å². The van der Waals surface area contributed by atoms with E-state index in [0.717, 1.165) is 42.6 Å². The summed E-state index contributed by atoms with van der Waals surface area (Å²) in [5, 5.41) is 3.11. The van der Waals surface area contributed by atoms with Crippen molar-refractivity contribution in [3.63, 3.8) is 0 Å². The second-order valence-electron chi connectivity index (χ2n) is 11.6. The highest BCUT2D eigenvalue weighted by Crippen LogP contribution is 2.50. The van der Waals surface area contributed by atoms with Crippen LogP contribution in [-0.4, -0.2) is 24.7 Å². The first-order valence-electron chi connectivity index (χ1n) is 13.6. The van der Waals surface area contributed by atoms with Crippen molar-refractivity contribution >= 4 is 5.97 Å². The molecule has 0 aromatic heterocycles. The first-order chi connectivity index (χ1) is 18.7. The van der Waals surface area contributed by atoms with E-state index in [9.17, 15) is 31.1 Å². The molecule has 0 amide bonds. The Hall–Kier alpha value is -2.75. The Kier molecular flexibility index (Phi) is 7.38. The maximum Gasteiger partial charge on any atom is 0.416 e. The number of aryl methyl sites for hydroxylation is 1. The van der Waals surface area contributed by atoms with E-state index in [4.69, 9.17) is 9.47 Å². The average molecular weight is 570 g/mol. The third kappa shape index (κ3) is 5.69. The zero-order valence-electron chi connectivity index (χ0n) is 22.6. The number of esters is 1. The highest BCUT2D eigenvalue weighted by Gasteiger charge is 2.49. The number of nitrogens with one attached hydrogen (secondary N) is 1. The van der Waals surface area contributed by atoms with Gasteiger partial charge in [0, 0.05) is 24.9 Å². The Morgan fingerprint density at radius 3 is 2.33 bits per heavy atom. The summed E-state index contributed by atoms with van der Waals surface area (Å²) in [5.41, 5.74) is -0.985. The van der Waals surface area contributed by atoms with Crippen molar-refractivity contribution in [3.8, 4) is 5.75 Å². The zero-order chi connectivity index (χ0) is 29.0. The Bertz CT molecular complexity index is 1260. The third-order valence-corrected chi connectivity index (χ3v) is 8.77. The molecule has 1 heterocycles. The van der Waals surface area contributed by atoms with Crippen molar-refractivity contribution in [2.45, 2.75) is 88.3 Å². The lowest BCUT2D eigenvalue weighted by atomic mass is 9.70. The van der Waals surface area contributed by atoms with Gasteiger partial charge >= 0.3 is 18.3 Å². The van der Waals surface area contributed by atoms with E-state index in [1.54, 1.807) is 0 Å². The van der Waals surface area contributed by atoms with Gasteiger partial charge in [0.05, 0.1) is 24.2 Å². The lowest BCUT2D eigenvalue weighted by Crippen LogP contribution is -2.58. The Morgan fingerprint density at radius 2 is 1.73 bits per heavy atom. The zero-order valence-corrected chi connectivity index (χ0v) is 22.6. The highest BCUT2D eigenvalue weighted by molar-refractivity contribution is 5.73. The van der Waals surface area contributed by atoms with E-state index in [2.05, 4.69) is 11.4 Å². The molecule has 2 aliphatic carbocycles. The van der Waals surface area contributed by atoms with Crippen molar-refractivity contribution in [3.05, 3.63) is 64.2 Å². The number of carbonyl (C=O) groups excluding carboxylic acids is 1. The number of rotatable bonds is 7. The first-order valence-corrected chi connectivity index (χ1v) is 13.6. The molecular weight excluding hydrogens is 536 g/mol. The van der Waals surface area contributed by atoms with Gasteiger partial charge in [-0.25, -0.2) is 0 Å². The van der Waals surface area contributed by atoms with Gasteiger partial charge in [0.2, 0.25) is 0 Å². The molecule has 0 bridgehead atoms. The molecule has 10 heteroatoms. The number of ether oxygens (including phenoxy) is 2. The van der Waals surface area contributed by atoms with E-state index in [1.165, 1.54) is 14.0 Å². The van der Waals surface area contributed by atoms with Gasteiger partial charge in [-0.15, -0.1) is 0 Å². The van der Waals surface area contributed by atoms with Gasteiger partial charge in [0.1, 0.15) is 11.4 Å². The number of methoxy groups -OCH3 is 1. The number of benzene rings is 2. The standard InChI is InChI=1S/C30H33F6NO3/c1-16(27(38)39-3)26(19-5-6-19)20-7-4-18-10-11-28(40-25(18)12-20)14-22(15-28)37-17(2)23-13-21(29(31,32)33)8-9-24(23)30(34,35)36/h4,7-9,12-13,16-17,19,22,26,37H,5-6,10-11,14-15H2,1-3H3/t16-,17-,22?,26+,28?/m1/s1. The Balaban J connectivity index is 1.29. The maximum atomic E-state index is 13.6. The molecular formula is C30H33F6NO3. The molecule has 1 aliphatic heterocycles. The highest BCUT2D eigenvalue weighted by atomic mass is 19.4. The minimum Gasteiger partial charge on any atom is -0.487 e.